The Balaban J connectivity index is 2.34. The van der Waals surface area contributed by atoms with Crippen LogP contribution >= 0.6 is 0 Å². The molecule has 3 nitrogen and oxygen atoms in total. The second kappa shape index (κ2) is 3.97. The van der Waals surface area contributed by atoms with Gasteiger partial charge in [-0.1, -0.05) is 19.1 Å². The van der Waals surface area contributed by atoms with Gasteiger partial charge in [0.2, 0.25) is 0 Å². The van der Waals surface area contributed by atoms with Crippen molar-refractivity contribution in [1.29, 1.82) is 5.26 Å². The summed E-state index contributed by atoms with van der Waals surface area (Å²) in [5.74, 6) is 1.11. The molecule has 1 aromatic carbocycles. The molecule has 2 aromatic rings. The molecule has 0 aliphatic rings. The van der Waals surface area contributed by atoms with Gasteiger partial charge in [-0.05, 0) is 17.7 Å². The van der Waals surface area contributed by atoms with Gasteiger partial charge < -0.3 is 4.98 Å². The van der Waals surface area contributed by atoms with Crippen LogP contribution in [-0.2, 0) is 0 Å². The van der Waals surface area contributed by atoms with Crippen LogP contribution in [0.3, 0.4) is 0 Å². The molecule has 0 amide bonds. The maximum absolute atomic E-state index is 8.80. The van der Waals surface area contributed by atoms with Gasteiger partial charge in [-0.25, -0.2) is 4.98 Å². The largest absolute Gasteiger partial charge is 0.348 e. The van der Waals surface area contributed by atoms with Crippen molar-refractivity contribution in [3.05, 3.63) is 53.6 Å². The van der Waals surface area contributed by atoms with Crippen molar-refractivity contribution >= 4 is 0 Å². The highest BCUT2D eigenvalue weighted by molar-refractivity contribution is 5.36. The number of hydrogen-bond donors (Lipinski definition) is 1. The SMILES string of the molecule is CC(c1cccc(C#N)c1)c1ncc[nH]1. The Morgan fingerprint density at radius 3 is 3.00 bits per heavy atom. The summed E-state index contributed by atoms with van der Waals surface area (Å²) < 4.78 is 0. The van der Waals surface area contributed by atoms with E-state index < -0.39 is 0 Å². The van der Waals surface area contributed by atoms with Crippen LogP contribution in [0.25, 0.3) is 0 Å². The van der Waals surface area contributed by atoms with E-state index in [2.05, 4.69) is 23.0 Å². The Bertz CT molecular complexity index is 480. The van der Waals surface area contributed by atoms with Gasteiger partial charge in [-0.3, -0.25) is 0 Å². The van der Waals surface area contributed by atoms with E-state index in [0.29, 0.717) is 5.56 Å². The zero-order valence-electron chi connectivity index (χ0n) is 8.44. The lowest BCUT2D eigenvalue weighted by Gasteiger charge is -2.08. The van der Waals surface area contributed by atoms with E-state index in [9.17, 15) is 0 Å². The van der Waals surface area contributed by atoms with Crippen LogP contribution < -0.4 is 0 Å². The maximum Gasteiger partial charge on any atom is 0.113 e. The Morgan fingerprint density at radius 2 is 2.33 bits per heavy atom. The van der Waals surface area contributed by atoms with E-state index in [0.717, 1.165) is 11.4 Å². The minimum Gasteiger partial charge on any atom is -0.348 e. The Kier molecular flexibility index (Phi) is 2.51. The first-order valence-corrected chi connectivity index (χ1v) is 4.80. The molecule has 2 rings (SSSR count). The van der Waals surface area contributed by atoms with Gasteiger partial charge in [-0.2, -0.15) is 5.26 Å². The lowest BCUT2D eigenvalue weighted by Crippen LogP contribution is -1.98. The second-order valence-electron chi connectivity index (χ2n) is 3.43. The van der Waals surface area contributed by atoms with Gasteiger partial charge in [0.05, 0.1) is 11.6 Å². The Hall–Kier alpha value is -2.08. The summed E-state index contributed by atoms with van der Waals surface area (Å²) in [6, 6.07) is 9.74. The van der Waals surface area contributed by atoms with Gasteiger partial charge in [0.15, 0.2) is 0 Å². The highest BCUT2D eigenvalue weighted by atomic mass is 14.9. The van der Waals surface area contributed by atoms with Crippen LogP contribution in [0.15, 0.2) is 36.7 Å². The average Bonchev–Trinajstić information content (AvgIpc) is 2.81. The fourth-order valence-electron chi connectivity index (χ4n) is 1.55. The van der Waals surface area contributed by atoms with Crippen molar-refractivity contribution < 1.29 is 0 Å². The zero-order chi connectivity index (χ0) is 10.7. The van der Waals surface area contributed by atoms with E-state index >= 15 is 0 Å². The van der Waals surface area contributed by atoms with Gasteiger partial charge >= 0.3 is 0 Å². The normalized spacial score (nSPS) is 12.0. The molecule has 1 unspecified atom stereocenters. The molecule has 0 radical (unpaired) electrons. The van der Waals surface area contributed by atoms with Crippen LogP contribution in [0, 0.1) is 11.3 Å². The number of nitrogens with one attached hydrogen (secondary N) is 1. The lowest BCUT2D eigenvalue weighted by molar-refractivity contribution is 0.839. The second-order valence-corrected chi connectivity index (χ2v) is 3.43. The highest BCUT2D eigenvalue weighted by Gasteiger charge is 2.10. The predicted octanol–water partition coefficient (Wildman–Crippen LogP) is 2.43. The molecule has 1 heterocycles. The minimum absolute atomic E-state index is 0.188. The molecule has 1 N–H and O–H groups in total. The fourth-order valence-corrected chi connectivity index (χ4v) is 1.55. The summed E-state index contributed by atoms with van der Waals surface area (Å²) in [5, 5.41) is 8.80. The van der Waals surface area contributed by atoms with Crippen LogP contribution in [-0.4, -0.2) is 9.97 Å². The smallest absolute Gasteiger partial charge is 0.113 e. The molecule has 15 heavy (non-hydrogen) atoms. The fraction of sp³-hybridized carbons (Fsp3) is 0.167. The number of aromatic amines is 1. The topological polar surface area (TPSA) is 52.5 Å². The van der Waals surface area contributed by atoms with Crippen LogP contribution in [0.5, 0.6) is 0 Å². The number of imidazole rings is 1. The molecule has 1 atom stereocenters. The standard InChI is InChI=1S/C12H11N3/c1-9(12-14-5-6-15-12)11-4-2-3-10(7-11)8-13/h2-7,9H,1H3,(H,14,15). The van der Waals surface area contributed by atoms with E-state index in [4.69, 9.17) is 5.26 Å². The molecular weight excluding hydrogens is 186 g/mol. The molecule has 0 saturated heterocycles. The third-order valence-corrected chi connectivity index (χ3v) is 2.45. The Labute approximate surface area is 88.4 Å². The predicted molar refractivity (Wildman–Crippen MR) is 57.3 cm³/mol. The average molecular weight is 197 g/mol. The lowest BCUT2D eigenvalue weighted by atomic mass is 9.99. The molecule has 0 aliphatic carbocycles. The molecule has 0 bridgehead atoms. The van der Waals surface area contributed by atoms with Crippen molar-refractivity contribution in [3.8, 4) is 6.07 Å². The first kappa shape index (κ1) is 9.47. The number of nitriles is 1. The van der Waals surface area contributed by atoms with Crippen molar-refractivity contribution in [2.75, 3.05) is 0 Å². The van der Waals surface area contributed by atoms with Gasteiger partial charge in [0.1, 0.15) is 5.82 Å². The first-order chi connectivity index (χ1) is 7.31. The summed E-state index contributed by atoms with van der Waals surface area (Å²) >= 11 is 0. The van der Waals surface area contributed by atoms with Gasteiger partial charge in [0, 0.05) is 18.3 Å². The van der Waals surface area contributed by atoms with Crippen molar-refractivity contribution in [3.63, 3.8) is 0 Å². The first-order valence-electron chi connectivity index (χ1n) is 4.80. The third kappa shape index (κ3) is 1.89. The highest BCUT2D eigenvalue weighted by Crippen LogP contribution is 2.21. The number of hydrogen-bond acceptors (Lipinski definition) is 2. The quantitative estimate of drug-likeness (QED) is 0.803. The molecule has 3 heteroatoms. The van der Waals surface area contributed by atoms with E-state index in [1.165, 1.54) is 0 Å². The third-order valence-electron chi connectivity index (χ3n) is 2.45. The van der Waals surface area contributed by atoms with Crippen LogP contribution in [0.2, 0.25) is 0 Å². The van der Waals surface area contributed by atoms with Gasteiger partial charge in [0.25, 0.3) is 0 Å². The zero-order valence-corrected chi connectivity index (χ0v) is 8.44. The maximum atomic E-state index is 8.80. The van der Waals surface area contributed by atoms with Crippen molar-refractivity contribution in [2.45, 2.75) is 12.8 Å². The summed E-state index contributed by atoms with van der Waals surface area (Å²) in [6.45, 7) is 2.06. The molecular formula is C12H11N3. The molecule has 1 aromatic heterocycles. The summed E-state index contributed by atoms with van der Waals surface area (Å²) in [6.07, 6.45) is 3.54. The minimum atomic E-state index is 0.188. The molecule has 74 valence electrons. The monoisotopic (exact) mass is 197 g/mol. The number of H-pyrrole nitrogens is 1. The van der Waals surface area contributed by atoms with E-state index in [-0.39, 0.29) is 5.92 Å². The number of aromatic nitrogens is 2. The van der Waals surface area contributed by atoms with Crippen LogP contribution in [0.4, 0.5) is 0 Å². The van der Waals surface area contributed by atoms with Crippen molar-refractivity contribution in [1.82, 2.24) is 9.97 Å². The summed E-state index contributed by atoms with van der Waals surface area (Å²) in [5.41, 5.74) is 1.79. The van der Waals surface area contributed by atoms with Gasteiger partial charge in [-0.15, -0.1) is 0 Å². The molecule has 0 aliphatic heterocycles. The van der Waals surface area contributed by atoms with Crippen LogP contribution in [0.1, 0.15) is 29.8 Å². The molecule has 0 spiro atoms. The van der Waals surface area contributed by atoms with E-state index in [1.807, 2.05) is 18.2 Å². The summed E-state index contributed by atoms with van der Waals surface area (Å²) in [7, 11) is 0. The van der Waals surface area contributed by atoms with Crippen molar-refractivity contribution in [2.24, 2.45) is 0 Å². The Morgan fingerprint density at radius 1 is 1.47 bits per heavy atom. The molecule has 0 saturated carbocycles. The number of benzene rings is 1. The van der Waals surface area contributed by atoms with E-state index in [1.54, 1.807) is 18.5 Å². The number of nitrogens with zero attached hydrogens (tertiary/aromatic N) is 2. The molecule has 0 fully saturated rings. The number of rotatable bonds is 2. The summed E-state index contributed by atoms with van der Waals surface area (Å²) in [4.78, 5) is 7.29.